The van der Waals surface area contributed by atoms with Gasteiger partial charge >= 0.3 is 0 Å². The number of hydrogen-bond acceptors (Lipinski definition) is 4. The van der Waals surface area contributed by atoms with Gasteiger partial charge in [0.25, 0.3) is 5.91 Å². The summed E-state index contributed by atoms with van der Waals surface area (Å²) >= 11 is 11.5. The van der Waals surface area contributed by atoms with Gasteiger partial charge in [-0.15, -0.1) is 0 Å². The zero-order valence-electron chi connectivity index (χ0n) is 17.3. The topological polar surface area (TPSA) is 70.7 Å². The number of nitrogens with zero attached hydrogens (tertiary/aromatic N) is 1. The van der Waals surface area contributed by atoms with Gasteiger partial charge in [0.15, 0.2) is 6.61 Å². The second-order valence-electron chi connectivity index (χ2n) is 7.98. The molecule has 2 amide bonds. The van der Waals surface area contributed by atoms with E-state index in [0.29, 0.717) is 17.9 Å². The Morgan fingerprint density at radius 1 is 1.16 bits per heavy atom. The summed E-state index contributed by atoms with van der Waals surface area (Å²) in [4.78, 5) is 26.3. The summed E-state index contributed by atoms with van der Waals surface area (Å²) in [6.07, 6.45) is 1.23. The summed E-state index contributed by atoms with van der Waals surface area (Å²) in [6.45, 7) is 1.89. The lowest BCUT2D eigenvalue weighted by Gasteiger charge is -2.46. The molecule has 0 saturated heterocycles. The zero-order chi connectivity index (χ0) is 22.6. The van der Waals surface area contributed by atoms with Crippen LogP contribution in [0.15, 0.2) is 42.5 Å². The Labute approximate surface area is 190 Å². The van der Waals surface area contributed by atoms with E-state index in [-0.39, 0.29) is 41.8 Å². The van der Waals surface area contributed by atoms with E-state index in [4.69, 9.17) is 27.9 Å². The standard InChI is InChI=1S/C22H24Cl2FN3O3/c1-22(27-21(30)13-31-17-7-8-18(24)19(25)9-17)10-15(11-22)26-20(29)12-28(2)16-5-3-14(23)4-6-16/h3-9,15H,10-13H2,1-2H3,(H,26,29)(H,27,30). The minimum atomic E-state index is -0.606. The summed E-state index contributed by atoms with van der Waals surface area (Å²) in [5.74, 6) is -0.786. The van der Waals surface area contributed by atoms with Crippen molar-refractivity contribution >= 4 is 40.7 Å². The molecule has 9 heteroatoms. The fraction of sp³-hybridized carbons (Fsp3) is 0.364. The monoisotopic (exact) mass is 467 g/mol. The summed E-state index contributed by atoms with van der Waals surface area (Å²) in [5.41, 5.74) is 0.469. The summed E-state index contributed by atoms with van der Waals surface area (Å²) < 4.78 is 18.7. The Hall–Kier alpha value is -2.51. The maximum absolute atomic E-state index is 13.4. The van der Waals surface area contributed by atoms with Gasteiger partial charge in [0.2, 0.25) is 5.91 Å². The van der Waals surface area contributed by atoms with E-state index in [2.05, 4.69) is 10.6 Å². The van der Waals surface area contributed by atoms with Crippen LogP contribution in [0.25, 0.3) is 0 Å². The SMILES string of the molecule is CN(CC(=O)NC1CC(C)(NC(=O)COc2ccc(Cl)c(F)c2)C1)c1ccc(Cl)cc1. The molecule has 6 nitrogen and oxygen atoms in total. The fourth-order valence-electron chi connectivity index (χ4n) is 3.60. The van der Waals surface area contributed by atoms with Crippen LogP contribution in [0, 0.1) is 5.82 Å². The molecule has 0 aromatic heterocycles. The number of halogens is 3. The normalized spacial score (nSPS) is 19.8. The molecular formula is C22H24Cl2FN3O3. The molecule has 0 bridgehead atoms. The Morgan fingerprint density at radius 2 is 1.84 bits per heavy atom. The molecule has 2 aromatic carbocycles. The third kappa shape index (κ3) is 6.48. The maximum Gasteiger partial charge on any atom is 0.258 e. The Balaban J connectivity index is 1.38. The number of anilines is 1. The highest BCUT2D eigenvalue weighted by atomic mass is 35.5. The van der Waals surface area contributed by atoms with Gasteiger partial charge < -0.3 is 20.3 Å². The van der Waals surface area contributed by atoms with E-state index in [1.54, 1.807) is 12.1 Å². The van der Waals surface area contributed by atoms with Crippen LogP contribution in [0.3, 0.4) is 0 Å². The highest BCUT2D eigenvalue weighted by Crippen LogP contribution is 2.32. The van der Waals surface area contributed by atoms with Crippen LogP contribution >= 0.6 is 23.2 Å². The molecular weight excluding hydrogens is 444 g/mol. The third-order valence-corrected chi connectivity index (χ3v) is 5.67. The minimum absolute atomic E-state index is 0.00812. The first kappa shape index (κ1) is 23.2. The fourth-order valence-corrected chi connectivity index (χ4v) is 3.84. The molecule has 0 atom stereocenters. The van der Waals surface area contributed by atoms with Gasteiger partial charge in [0, 0.05) is 35.4 Å². The van der Waals surface area contributed by atoms with E-state index in [0.717, 1.165) is 11.8 Å². The van der Waals surface area contributed by atoms with Crippen molar-refractivity contribution in [2.45, 2.75) is 31.3 Å². The van der Waals surface area contributed by atoms with Crippen LogP contribution in [0.4, 0.5) is 10.1 Å². The number of rotatable bonds is 8. The molecule has 0 unspecified atom stereocenters. The van der Waals surface area contributed by atoms with E-state index in [9.17, 15) is 14.0 Å². The molecule has 0 spiro atoms. The minimum Gasteiger partial charge on any atom is -0.484 e. The Bertz CT molecular complexity index is 950. The second kappa shape index (κ2) is 9.75. The number of nitrogens with one attached hydrogen (secondary N) is 2. The zero-order valence-corrected chi connectivity index (χ0v) is 18.8. The number of hydrogen-bond donors (Lipinski definition) is 2. The highest BCUT2D eigenvalue weighted by Gasteiger charge is 2.42. The largest absolute Gasteiger partial charge is 0.484 e. The van der Waals surface area contributed by atoms with Gasteiger partial charge in [-0.3, -0.25) is 9.59 Å². The van der Waals surface area contributed by atoms with Crippen LogP contribution in [0.2, 0.25) is 10.0 Å². The lowest BCUT2D eigenvalue weighted by Crippen LogP contribution is -2.63. The molecule has 0 heterocycles. The number of amides is 2. The maximum atomic E-state index is 13.4. The molecule has 1 saturated carbocycles. The molecule has 0 aliphatic heterocycles. The van der Waals surface area contributed by atoms with E-state index in [1.807, 2.05) is 31.0 Å². The van der Waals surface area contributed by atoms with Crippen LogP contribution < -0.4 is 20.3 Å². The lowest BCUT2D eigenvalue weighted by molar-refractivity contribution is -0.126. The van der Waals surface area contributed by atoms with E-state index in [1.165, 1.54) is 12.1 Å². The Kier molecular flexibility index (Phi) is 7.28. The number of benzene rings is 2. The van der Waals surface area contributed by atoms with Crippen molar-refractivity contribution in [2.24, 2.45) is 0 Å². The molecule has 0 radical (unpaired) electrons. The highest BCUT2D eigenvalue weighted by molar-refractivity contribution is 6.31. The number of likely N-dealkylation sites (N-methyl/N-ethyl adjacent to an activating group) is 1. The summed E-state index contributed by atoms with van der Waals surface area (Å²) in [5, 5.41) is 6.52. The molecule has 2 aromatic rings. The lowest BCUT2D eigenvalue weighted by atomic mass is 9.74. The van der Waals surface area contributed by atoms with Gasteiger partial charge in [-0.1, -0.05) is 23.2 Å². The number of carbonyl (C=O) groups excluding carboxylic acids is 2. The summed E-state index contributed by atoms with van der Waals surface area (Å²) in [6, 6.07) is 11.2. The average molecular weight is 468 g/mol. The molecule has 31 heavy (non-hydrogen) atoms. The van der Waals surface area contributed by atoms with Crippen LogP contribution in [0.5, 0.6) is 5.75 Å². The van der Waals surface area contributed by atoms with Gasteiger partial charge in [-0.05, 0) is 56.2 Å². The van der Waals surface area contributed by atoms with Gasteiger partial charge in [-0.2, -0.15) is 0 Å². The molecule has 1 aliphatic rings. The van der Waals surface area contributed by atoms with E-state index >= 15 is 0 Å². The predicted octanol–water partition coefficient (Wildman–Crippen LogP) is 3.80. The van der Waals surface area contributed by atoms with Crippen molar-refractivity contribution in [2.75, 3.05) is 25.1 Å². The van der Waals surface area contributed by atoms with Crippen molar-refractivity contribution in [3.8, 4) is 5.75 Å². The predicted molar refractivity (Wildman–Crippen MR) is 119 cm³/mol. The van der Waals surface area contributed by atoms with Gasteiger partial charge in [-0.25, -0.2) is 4.39 Å². The smallest absolute Gasteiger partial charge is 0.258 e. The number of carbonyl (C=O) groups is 2. The van der Waals surface area contributed by atoms with Crippen LogP contribution in [-0.2, 0) is 9.59 Å². The van der Waals surface area contributed by atoms with Crippen molar-refractivity contribution < 1.29 is 18.7 Å². The van der Waals surface area contributed by atoms with Gasteiger partial charge in [0.05, 0.1) is 11.6 Å². The average Bonchev–Trinajstić information content (AvgIpc) is 2.68. The first-order chi connectivity index (χ1) is 14.6. The van der Waals surface area contributed by atoms with E-state index < -0.39 is 11.4 Å². The molecule has 166 valence electrons. The Morgan fingerprint density at radius 3 is 2.48 bits per heavy atom. The second-order valence-corrected chi connectivity index (χ2v) is 8.82. The van der Waals surface area contributed by atoms with Crippen LogP contribution in [0.1, 0.15) is 19.8 Å². The van der Waals surface area contributed by atoms with Crippen molar-refractivity contribution in [3.63, 3.8) is 0 Å². The van der Waals surface area contributed by atoms with Crippen molar-refractivity contribution in [1.82, 2.24) is 10.6 Å². The number of ether oxygens (including phenoxy) is 1. The molecule has 1 aliphatic carbocycles. The summed E-state index contributed by atoms with van der Waals surface area (Å²) in [7, 11) is 1.83. The molecule has 3 rings (SSSR count). The van der Waals surface area contributed by atoms with Crippen LogP contribution in [-0.4, -0.2) is 43.6 Å². The van der Waals surface area contributed by atoms with Gasteiger partial charge in [0.1, 0.15) is 11.6 Å². The molecule has 2 N–H and O–H groups in total. The quantitative estimate of drug-likeness (QED) is 0.619. The first-order valence-electron chi connectivity index (χ1n) is 9.78. The van der Waals surface area contributed by atoms with Crippen molar-refractivity contribution in [3.05, 3.63) is 58.3 Å². The third-order valence-electron chi connectivity index (χ3n) is 5.11. The first-order valence-corrected chi connectivity index (χ1v) is 10.5. The van der Waals surface area contributed by atoms with Crippen molar-refractivity contribution in [1.29, 1.82) is 0 Å². The molecule has 1 fully saturated rings.